The van der Waals surface area contributed by atoms with Crippen molar-refractivity contribution in [1.82, 2.24) is 5.32 Å². The highest BCUT2D eigenvalue weighted by Gasteiger charge is 2.35. The molecule has 2 rings (SSSR count). The normalized spacial score (nSPS) is 26.5. The summed E-state index contributed by atoms with van der Waals surface area (Å²) in [6.07, 6.45) is 0. The van der Waals surface area contributed by atoms with Crippen LogP contribution in [0.4, 0.5) is 0 Å². The summed E-state index contributed by atoms with van der Waals surface area (Å²) in [5.41, 5.74) is 1.12. The van der Waals surface area contributed by atoms with Crippen LogP contribution in [-0.4, -0.2) is 5.91 Å². The van der Waals surface area contributed by atoms with E-state index >= 15 is 0 Å². The number of β-lactam (4-membered cyclic amide) rings is 1. The van der Waals surface area contributed by atoms with Gasteiger partial charge in [-0.1, -0.05) is 30.7 Å². The number of hydrogen-bond donors (Lipinski definition) is 1. The highest BCUT2D eigenvalue weighted by molar-refractivity contribution is 6.30. The van der Waals surface area contributed by atoms with E-state index in [0.717, 1.165) is 10.6 Å². The van der Waals surface area contributed by atoms with Crippen LogP contribution >= 0.6 is 11.6 Å². The largest absolute Gasteiger partial charge is 0.348 e. The Morgan fingerprint density at radius 1 is 1.31 bits per heavy atom. The van der Waals surface area contributed by atoms with E-state index in [1.165, 1.54) is 0 Å². The molecule has 1 fully saturated rings. The number of nitrogens with one attached hydrogen (secondary N) is 1. The van der Waals surface area contributed by atoms with Gasteiger partial charge in [0.1, 0.15) is 0 Å². The molecule has 1 N–H and O–H groups in total. The first-order valence-electron chi connectivity index (χ1n) is 4.24. The third-order valence-electron chi connectivity index (χ3n) is 2.44. The van der Waals surface area contributed by atoms with Crippen LogP contribution in [0.15, 0.2) is 24.3 Å². The zero-order valence-electron chi connectivity index (χ0n) is 7.25. The number of carbonyl (C=O) groups excluding carboxylic acids is 1. The number of benzene rings is 1. The molecule has 68 valence electrons. The van der Waals surface area contributed by atoms with Crippen molar-refractivity contribution >= 4 is 17.5 Å². The van der Waals surface area contributed by atoms with Gasteiger partial charge in [-0.3, -0.25) is 4.79 Å². The molecule has 0 aromatic heterocycles. The number of rotatable bonds is 1. The van der Waals surface area contributed by atoms with E-state index in [1.807, 2.05) is 31.2 Å². The van der Waals surface area contributed by atoms with Crippen molar-refractivity contribution < 1.29 is 4.79 Å². The Morgan fingerprint density at radius 3 is 2.38 bits per heavy atom. The smallest absolute Gasteiger partial charge is 0.225 e. The number of carbonyl (C=O) groups is 1. The summed E-state index contributed by atoms with van der Waals surface area (Å²) in [6, 6.07) is 7.75. The lowest BCUT2D eigenvalue weighted by Gasteiger charge is -2.34. The van der Waals surface area contributed by atoms with Crippen molar-refractivity contribution in [2.45, 2.75) is 13.0 Å². The Morgan fingerprint density at radius 2 is 1.92 bits per heavy atom. The molecular formula is C10H10ClNO. The molecule has 0 aliphatic carbocycles. The van der Waals surface area contributed by atoms with Gasteiger partial charge in [0.15, 0.2) is 0 Å². The highest BCUT2D eigenvalue weighted by Crippen LogP contribution is 2.30. The molecule has 3 heteroatoms. The van der Waals surface area contributed by atoms with Crippen LogP contribution in [0, 0.1) is 5.92 Å². The molecular weight excluding hydrogens is 186 g/mol. The van der Waals surface area contributed by atoms with Gasteiger partial charge in [0.25, 0.3) is 0 Å². The summed E-state index contributed by atoms with van der Waals surface area (Å²) >= 11 is 5.76. The van der Waals surface area contributed by atoms with Gasteiger partial charge < -0.3 is 5.32 Å². The maximum Gasteiger partial charge on any atom is 0.225 e. The first kappa shape index (κ1) is 8.57. The SMILES string of the molecule is CC1C(=O)NC1c1ccc(Cl)cc1. The molecule has 1 amide bonds. The molecule has 0 saturated carbocycles. The topological polar surface area (TPSA) is 29.1 Å². The first-order chi connectivity index (χ1) is 6.18. The van der Waals surface area contributed by atoms with Crippen molar-refractivity contribution in [3.05, 3.63) is 34.9 Å². The fourth-order valence-corrected chi connectivity index (χ4v) is 1.63. The van der Waals surface area contributed by atoms with Crippen molar-refractivity contribution in [3.63, 3.8) is 0 Å². The third-order valence-corrected chi connectivity index (χ3v) is 2.69. The maximum atomic E-state index is 10.9. The summed E-state index contributed by atoms with van der Waals surface area (Å²) in [5, 5.41) is 3.57. The minimum absolute atomic E-state index is 0.0844. The third kappa shape index (κ3) is 1.42. The standard InChI is InChI=1S/C10H10ClNO/c1-6-9(12-10(6)13)7-2-4-8(11)5-3-7/h2-6,9H,1H3,(H,12,13). The number of hydrogen-bond acceptors (Lipinski definition) is 1. The fourth-order valence-electron chi connectivity index (χ4n) is 1.51. The van der Waals surface area contributed by atoms with Crippen molar-refractivity contribution in [2.24, 2.45) is 5.92 Å². The predicted molar refractivity (Wildman–Crippen MR) is 51.5 cm³/mol. The average molecular weight is 196 g/mol. The minimum atomic E-state index is 0.0844. The van der Waals surface area contributed by atoms with Crippen LogP contribution in [-0.2, 0) is 4.79 Å². The van der Waals surface area contributed by atoms with Crippen LogP contribution < -0.4 is 5.32 Å². The molecule has 1 aliphatic heterocycles. The van der Waals surface area contributed by atoms with E-state index in [1.54, 1.807) is 0 Å². The second-order valence-electron chi connectivity index (χ2n) is 3.33. The van der Waals surface area contributed by atoms with E-state index in [-0.39, 0.29) is 17.9 Å². The summed E-state index contributed by atoms with van der Waals surface area (Å²) < 4.78 is 0. The van der Waals surface area contributed by atoms with Gasteiger partial charge in [-0.2, -0.15) is 0 Å². The van der Waals surface area contributed by atoms with Gasteiger partial charge in [0.05, 0.1) is 12.0 Å². The van der Waals surface area contributed by atoms with E-state index in [0.29, 0.717) is 0 Å². The average Bonchev–Trinajstić information content (AvgIpc) is 2.15. The lowest BCUT2D eigenvalue weighted by Crippen LogP contribution is -2.49. The van der Waals surface area contributed by atoms with E-state index in [2.05, 4.69) is 5.32 Å². The highest BCUT2D eigenvalue weighted by atomic mass is 35.5. The Labute approximate surface area is 81.9 Å². The first-order valence-corrected chi connectivity index (χ1v) is 4.62. The Kier molecular flexibility index (Phi) is 2.00. The predicted octanol–water partition coefficient (Wildman–Crippen LogP) is 2.15. The zero-order chi connectivity index (χ0) is 9.42. The molecule has 2 nitrogen and oxygen atoms in total. The molecule has 1 saturated heterocycles. The van der Waals surface area contributed by atoms with Crippen molar-refractivity contribution in [2.75, 3.05) is 0 Å². The van der Waals surface area contributed by atoms with Crippen LogP contribution in [0.25, 0.3) is 0 Å². The maximum absolute atomic E-state index is 10.9. The van der Waals surface area contributed by atoms with E-state index in [9.17, 15) is 4.79 Å². The molecule has 1 aromatic carbocycles. The van der Waals surface area contributed by atoms with Crippen LogP contribution in [0.1, 0.15) is 18.5 Å². The van der Waals surface area contributed by atoms with Crippen molar-refractivity contribution in [1.29, 1.82) is 0 Å². The second-order valence-corrected chi connectivity index (χ2v) is 3.76. The molecule has 0 radical (unpaired) electrons. The molecule has 1 aromatic rings. The molecule has 13 heavy (non-hydrogen) atoms. The Hall–Kier alpha value is -1.02. The van der Waals surface area contributed by atoms with Crippen LogP contribution in [0.3, 0.4) is 0 Å². The van der Waals surface area contributed by atoms with Gasteiger partial charge in [0.2, 0.25) is 5.91 Å². The lowest BCUT2D eigenvalue weighted by atomic mass is 9.87. The summed E-state index contributed by atoms with van der Waals surface area (Å²) in [4.78, 5) is 10.9. The fraction of sp³-hybridized carbons (Fsp3) is 0.300. The summed E-state index contributed by atoms with van der Waals surface area (Å²) in [7, 11) is 0. The summed E-state index contributed by atoms with van der Waals surface area (Å²) in [6.45, 7) is 1.93. The van der Waals surface area contributed by atoms with E-state index < -0.39 is 0 Å². The van der Waals surface area contributed by atoms with Gasteiger partial charge in [-0.15, -0.1) is 0 Å². The van der Waals surface area contributed by atoms with Crippen LogP contribution in [0.5, 0.6) is 0 Å². The molecule has 0 bridgehead atoms. The van der Waals surface area contributed by atoms with Gasteiger partial charge in [0, 0.05) is 5.02 Å². The van der Waals surface area contributed by atoms with Crippen molar-refractivity contribution in [3.8, 4) is 0 Å². The lowest BCUT2D eigenvalue weighted by molar-refractivity contribution is -0.134. The molecule has 1 heterocycles. The molecule has 2 unspecified atom stereocenters. The van der Waals surface area contributed by atoms with Crippen LogP contribution in [0.2, 0.25) is 5.02 Å². The molecule has 2 atom stereocenters. The Bertz CT molecular complexity index is 333. The number of amides is 1. The van der Waals surface area contributed by atoms with E-state index in [4.69, 9.17) is 11.6 Å². The minimum Gasteiger partial charge on any atom is -0.348 e. The van der Waals surface area contributed by atoms with Gasteiger partial charge in [-0.05, 0) is 17.7 Å². The molecule has 1 aliphatic rings. The number of halogens is 1. The van der Waals surface area contributed by atoms with Gasteiger partial charge in [-0.25, -0.2) is 0 Å². The Balaban J connectivity index is 2.18. The zero-order valence-corrected chi connectivity index (χ0v) is 8.01. The summed E-state index contributed by atoms with van der Waals surface area (Å²) in [5.74, 6) is 0.209. The quantitative estimate of drug-likeness (QED) is 0.684. The monoisotopic (exact) mass is 195 g/mol. The molecule has 0 spiro atoms. The second kappa shape index (κ2) is 3.04. The van der Waals surface area contributed by atoms with Gasteiger partial charge >= 0.3 is 0 Å².